The number of hydrogen-bond donors (Lipinski definition) is 0. The van der Waals surface area contributed by atoms with Crippen molar-refractivity contribution in [2.24, 2.45) is 0 Å². The van der Waals surface area contributed by atoms with Gasteiger partial charge in [0.15, 0.2) is 0 Å². The Balaban J connectivity index is 1.05. The molecule has 2 heteroatoms. The molecule has 0 aliphatic heterocycles. The maximum absolute atomic E-state index is 2.43. The first kappa shape index (κ1) is 32.0. The van der Waals surface area contributed by atoms with Crippen LogP contribution in [0.2, 0.25) is 0 Å². The molecule has 1 aliphatic carbocycles. The second kappa shape index (κ2) is 12.3. The highest BCUT2D eigenvalue weighted by Crippen LogP contribution is 2.51. The van der Waals surface area contributed by atoms with Crippen LogP contribution in [0.5, 0.6) is 0 Å². The van der Waals surface area contributed by atoms with Crippen molar-refractivity contribution < 1.29 is 0 Å². The molecule has 1 heterocycles. The summed E-state index contributed by atoms with van der Waals surface area (Å²) in [7, 11) is 0. The van der Waals surface area contributed by atoms with Crippen LogP contribution in [0.1, 0.15) is 25.0 Å². The molecule has 10 aromatic rings. The largest absolute Gasteiger partial charge is 0.310 e. The number of fused-ring (bicyclic) bond motifs is 9. The zero-order valence-electron chi connectivity index (χ0n) is 30.8. The number of benzene rings is 9. The predicted molar refractivity (Wildman–Crippen MR) is 237 cm³/mol. The second-order valence-electron chi connectivity index (χ2n) is 15.3. The Morgan fingerprint density at radius 2 is 1.05 bits per heavy atom. The van der Waals surface area contributed by atoms with Crippen molar-refractivity contribution in [1.82, 2.24) is 0 Å². The molecule has 260 valence electrons. The Labute approximate surface area is 325 Å². The third kappa shape index (κ3) is 5.06. The molecular formula is C53H37NS. The monoisotopic (exact) mass is 719 g/mol. The number of anilines is 3. The molecule has 0 fully saturated rings. The fourth-order valence-electron chi connectivity index (χ4n) is 9.10. The minimum Gasteiger partial charge on any atom is -0.310 e. The molecule has 0 spiro atoms. The zero-order chi connectivity index (χ0) is 36.7. The van der Waals surface area contributed by atoms with Gasteiger partial charge in [0, 0.05) is 42.6 Å². The van der Waals surface area contributed by atoms with Gasteiger partial charge in [-0.15, -0.1) is 11.3 Å². The molecule has 0 amide bonds. The highest BCUT2D eigenvalue weighted by atomic mass is 32.1. The van der Waals surface area contributed by atoms with E-state index < -0.39 is 0 Å². The van der Waals surface area contributed by atoms with Crippen molar-refractivity contribution in [2.75, 3.05) is 4.90 Å². The molecule has 0 saturated heterocycles. The summed E-state index contributed by atoms with van der Waals surface area (Å²) < 4.78 is 2.67. The van der Waals surface area contributed by atoms with E-state index in [1.54, 1.807) is 0 Å². The van der Waals surface area contributed by atoms with Crippen molar-refractivity contribution >= 4 is 70.1 Å². The minimum atomic E-state index is -0.0992. The van der Waals surface area contributed by atoms with Gasteiger partial charge in [-0.2, -0.15) is 0 Å². The summed E-state index contributed by atoms with van der Waals surface area (Å²) in [5.74, 6) is 0. The van der Waals surface area contributed by atoms with Crippen LogP contribution in [0.15, 0.2) is 188 Å². The summed E-state index contributed by atoms with van der Waals surface area (Å²) in [6.45, 7) is 4.72. The smallest absolute Gasteiger partial charge is 0.0467 e. The summed E-state index contributed by atoms with van der Waals surface area (Å²) in [5, 5.41) is 7.79. The van der Waals surface area contributed by atoms with E-state index in [9.17, 15) is 0 Å². The quantitative estimate of drug-likeness (QED) is 0.171. The Morgan fingerprint density at radius 1 is 0.382 bits per heavy atom. The molecule has 0 bridgehead atoms. The normalized spacial score (nSPS) is 13.1. The molecule has 11 rings (SSSR count). The fraction of sp³-hybridized carbons (Fsp3) is 0.0566. The van der Waals surface area contributed by atoms with Gasteiger partial charge in [0.1, 0.15) is 0 Å². The van der Waals surface area contributed by atoms with Crippen LogP contribution in [0, 0.1) is 0 Å². The van der Waals surface area contributed by atoms with Gasteiger partial charge in [-0.1, -0.05) is 147 Å². The number of nitrogens with zero attached hydrogens (tertiary/aromatic N) is 1. The van der Waals surface area contributed by atoms with E-state index in [1.807, 2.05) is 11.3 Å². The molecular weight excluding hydrogens is 683 g/mol. The zero-order valence-corrected chi connectivity index (χ0v) is 31.6. The molecule has 9 aromatic carbocycles. The van der Waals surface area contributed by atoms with Crippen molar-refractivity contribution in [2.45, 2.75) is 19.3 Å². The molecule has 1 aromatic heterocycles. The Morgan fingerprint density at radius 3 is 1.96 bits per heavy atom. The SMILES string of the molecule is CC1(C)c2ccccc2-c2ccc(N(c3ccc(-c4cccc5c4ccc4sc6ccccc6c45)cc3)c3cccc(-c4ccc5ccccc5c4)c3)cc21. The van der Waals surface area contributed by atoms with Crippen molar-refractivity contribution in [1.29, 1.82) is 0 Å². The average molecular weight is 720 g/mol. The lowest BCUT2D eigenvalue weighted by Crippen LogP contribution is -2.16. The first-order chi connectivity index (χ1) is 27.0. The van der Waals surface area contributed by atoms with E-state index in [0.29, 0.717) is 0 Å². The summed E-state index contributed by atoms with van der Waals surface area (Å²) in [4.78, 5) is 2.43. The highest BCUT2D eigenvalue weighted by Gasteiger charge is 2.35. The molecule has 0 atom stereocenters. The number of thiophene rings is 1. The summed E-state index contributed by atoms with van der Waals surface area (Å²) in [6, 6.07) is 69.7. The third-order valence-electron chi connectivity index (χ3n) is 11.8. The van der Waals surface area contributed by atoms with E-state index in [2.05, 4.69) is 207 Å². The molecule has 1 aliphatic rings. The first-order valence-corrected chi connectivity index (χ1v) is 19.9. The molecule has 0 saturated carbocycles. The van der Waals surface area contributed by atoms with E-state index in [4.69, 9.17) is 0 Å². The Hall–Kier alpha value is -6.48. The van der Waals surface area contributed by atoms with Gasteiger partial charge >= 0.3 is 0 Å². The van der Waals surface area contributed by atoms with Crippen molar-refractivity contribution in [3.05, 3.63) is 199 Å². The first-order valence-electron chi connectivity index (χ1n) is 19.1. The molecule has 55 heavy (non-hydrogen) atoms. The Kier molecular flexibility index (Phi) is 7.14. The molecule has 0 N–H and O–H groups in total. The number of hydrogen-bond acceptors (Lipinski definition) is 2. The molecule has 0 radical (unpaired) electrons. The van der Waals surface area contributed by atoms with E-state index in [-0.39, 0.29) is 5.41 Å². The van der Waals surface area contributed by atoms with Crippen LogP contribution in [-0.4, -0.2) is 0 Å². The van der Waals surface area contributed by atoms with Crippen molar-refractivity contribution in [3.8, 4) is 33.4 Å². The third-order valence-corrected chi connectivity index (χ3v) is 13.0. The van der Waals surface area contributed by atoms with Gasteiger partial charge in [-0.3, -0.25) is 0 Å². The topological polar surface area (TPSA) is 3.24 Å². The second-order valence-corrected chi connectivity index (χ2v) is 16.4. The lowest BCUT2D eigenvalue weighted by Gasteiger charge is -2.28. The van der Waals surface area contributed by atoms with Crippen LogP contribution < -0.4 is 4.90 Å². The lowest BCUT2D eigenvalue weighted by molar-refractivity contribution is 0.660. The van der Waals surface area contributed by atoms with E-state index >= 15 is 0 Å². The fourth-order valence-corrected chi connectivity index (χ4v) is 10.2. The van der Waals surface area contributed by atoms with Crippen LogP contribution >= 0.6 is 11.3 Å². The minimum absolute atomic E-state index is 0.0992. The van der Waals surface area contributed by atoms with Crippen LogP contribution in [0.3, 0.4) is 0 Å². The lowest BCUT2D eigenvalue weighted by atomic mass is 9.82. The van der Waals surface area contributed by atoms with Gasteiger partial charge in [-0.05, 0) is 121 Å². The maximum Gasteiger partial charge on any atom is 0.0467 e. The van der Waals surface area contributed by atoms with Gasteiger partial charge in [0.05, 0.1) is 0 Å². The molecule has 1 nitrogen and oxygen atoms in total. The summed E-state index contributed by atoms with van der Waals surface area (Å²) in [6.07, 6.45) is 0. The number of rotatable bonds is 5. The molecule has 0 unspecified atom stereocenters. The van der Waals surface area contributed by atoms with E-state index in [0.717, 1.165) is 17.1 Å². The maximum atomic E-state index is 2.43. The van der Waals surface area contributed by atoms with Gasteiger partial charge in [0.2, 0.25) is 0 Å². The van der Waals surface area contributed by atoms with Crippen molar-refractivity contribution in [3.63, 3.8) is 0 Å². The highest BCUT2D eigenvalue weighted by molar-refractivity contribution is 7.26. The Bertz CT molecular complexity index is 3130. The van der Waals surface area contributed by atoms with Crippen LogP contribution in [0.25, 0.3) is 75.1 Å². The summed E-state index contributed by atoms with van der Waals surface area (Å²) in [5.41, 5.74) is 13.6. The van der Waals surface area contributed by atoms with E-state index in [1.165, 1.54) is 86.2 Å². The van der Waals surface area contributed by atoms with Crippen LogP contribution in [-0.2, 0) is 5.41 Å². The average Bonchev–Trinajstić information content (AvgIpc) is 3.73. The van der Waals surface area contributed by atoms with Crippen LogP contribution in [0.4, 0.5) is 17.1 Å². The predicted octanol–water partition coefficient (Wildman–Crippen LogP) is 15.5. The van der Waals surface area contributed by atoms with Gasteiger partial charge < -0.3 is 4.90 Å². The standard InChI is InChI=1S/C53H37NS/c1-53(2)48-19-7-5-15-44(48)45-28-27-41(33-49(45)53)54(40-14-9-13-37(32-40)38-22-21-34-11-3-4-12-36(34)31-38)39-25-23-35(24-26-39)42-17-10-18-46-43(42)29-30-51-52(46)47-16-6-8-20-50(47)55-51/h3-33H,1-2H3. The summed E-state index contributed by atoms with van der Waals surface area (Å²) >= 11 is 1.88. The van der Waals surface area contributed by atoms with Gasteiger partial charge in [-0.25, -0.2) is 0 Å². The van der Waals surface area contributed by atoms with Gasteiger partial charge in [0.25, 0.3) is 0 Å².